The van der Waals surface area contributed by atoms with E-state index >= 15 is 0 Å². The van der Waals surface area contributed by atoms with Crippen LogP contribution in [0.5, 0.6) is 11.5 Å². The molecule has 0 unspecified atom stereocenters. The molecule has 20 heteroatoms. The third-order valence-corrected chi connectivity index (χ3v) is 9.09. The molecule has 0 aromatic heterocycles. The normalized spacial score (nSPS) is 21.2. The van der Waals surface area contributed by atoms with Gasteiger partial charge < -0.3 is 33.2 Å². The van der Waals surface area contributed by atoms with E-state index in [2.05, 4.69) is 0 Å². The molecule has 0 N–H and O–H groups in total. The van der Waals surface area contributed by atoms with E-state index in [4.69, 9.17) is 33.2 Å². The number of hydrogen-bond acceptors (Lipinski definition) is 17. The van der Waals surface area contributed by atoms with Crippen molar-refractivity contribution in [3.8, 4) is 11.5 Å². The number of nitro benzene ring substituents is 1. The number of carbonyl (C=O) groups is 6. The molecule has 0 bridgehead atoms. The Morgan fingerprint density at radius 2 is 1.55 bits per heavy atom. The predicted molar refractivity (Wildman–Crippen MR) is 185 cm³/mol. The lowest BCUT2D eigenvalue weighted by Gasteiger charge is -2.43. The molecule has 0 saturated carbocycles. The maximum Gasteiger partial charge on any atom is 0.339 e. The first-order chi connectivity index (χ1) is 25.9. The molecule has 2 heterocycles. The van der Waals surface area contributed by atoms with Crippen molar-refractivity contribution in [1.29, 1.82) is 0 Å². The van der Waals surface area contributed by atoms with Crippen LogP contribution in [0.1, 0.15) is 79.8 Å². The summed E-state index contributed by atoms with van der Waals surface area (Å²) >= 11 is 0. The number of fused-ring (bicyclic) bond motifs is 1. The van der Waals surface area contributed by atoms with Gasteiger partial charge in [-0.3, -0.25) is 39.0 Å². The molecule has 0 radical (unpaired) electrons. The molecule has 2 aliphatic rings. The van der Waals surface area contributed by atoms with Crippen LogP contribution in [-0.4, -0.2) is 110 Å². The summed E-state index contributed by atoms with van der Waals surface area (Å²) in [7, 11) is -3.94. The first-order valence-electron chi connectivity index (χ1n) is 17.0. The topological polar surface area (TPSA) is 248 Å². The first kappa shape index (κ1) is 42.1. The summed E-state index contributed by atoms with van der Waals surface area (Å²) in [5.74, 6) is -6.87. The van der Waals surface area contributed by atoms with E-state index < -0.39 is 104 Å². The highest BCUT2D eigenvalue weighted by Gasteiger charge is 2.56. The fourth-order valence-electron chi connectivity index (χ4n) is 6.01. The minimum Gasteiger partial charge on any atom is -0.490 e. The van der Waals surface area contributed by atoms with E-state index in [0.717, 1.165) is 33.1 Å². The summed E-state index contributed by atoms with van der Waals surface area (Å²) in [6.45, 7) is 6.48. The first-order valence-corrected chi connectivity index (χ1v) is 19.0. The van der Waals surface area contributed by atoms with Gasteiger partial charge in [-0.15, -0.1) is 0 Å². The van der Waals surface area contributed by atoms with Crippen LogP contribution in [0.3, 0.4) is 0 Å². The SMILES string of the molecule is CCCCOC(=O)[C@H]1O[C@@H](Oc2ccc([C@@H](CS(C)(=O)=O)N3C(=O)c4cccc([N+](=O)[O-])c4C3=O)cc2OCC)[C@H](OC(C)=O)[C@@H](OC(C)=O)[C@@H]1OC(C)=O. The maximum absolute atomic E-state index is 13.7. The van der Waals surface area contributed by atoms with E-state index in [1.807, 2.05) is 6.92 Å². The molecule has 19 nitrogen and oxygen atoms in total. The summed E-state index contributed by atoms with van der Waals surface area (Å²) in [5.41, 5.74) is -1.39. The minimum absolute atomic E-state index is 0.0222. The highest BCUT2D eigenvalue weighted by atomic mass is 32.2. The smallest absolute Gasteiger partial charge is 0.339 e. The van der Waals surface area contributed by atoms with Crippen molar-refractivity contribution in [3.05, 3.63) is 63.2 Å². The molecular weight excluding hydrogens is 752 g/mol. The van der Waals surface area contributed by atoms with Crippen molar-refractivity contribution >= 4 is 51.2 Å². The van der Waals surface area contributed by atoms with Gasteiger partial charge in [0.05, 0.1) is 35.5 Å². The van der Waals surface area contributed by atoms with Crippen LogP contribution in [0.25, 0.3) is 0 Å². The van der Waals surface area contributed by atoms with E-state index in [1.54, 1.807) is 6.92 Å². The average Bonchev–Trinajstić information content (AvgIpc) is 3.34. The highest BCUT2D eigenvalue weighted by Crippen LogP contribution is 2.40. The molecule has 2 aliphatic heterocycles. The zero-order valence-electron chi connectivity index (χ0n) is 30.7. The molecule has 55 heavy (non-hydrogen) atoms. The summed E-state index contributed by atoms with van der Waals surface area (Å²) in [4.78, 5) is 88.9. The lowest BCUT2D eigenvalue weighted by molar-refractivity contribution is -0.385. The van der Waals surface area contributed by atoms with Gasteiger partial charge in [-0.05, 0) is 37.1 Å². The highest BCUT2D eigenvalue weighted by molar-refractivity contribution is 7.90. The van der Waals surface area contributed by atoms with Crippen molar-refractivity contribution in [2.24, 2.45) is 0 Å². The van der Waals surface area contributed by atoms with Gasteiger partial charge in [-0.2, -0.15) is 0 Å². The standard InChI is InChI=1S/C35H40N2O17S/c1-7-9-15-49-34(43)30-28(50-18(3)38)29(51-19(4)39)31(52-20(5)40)35(54-30)53-25-14-13-21(16-26(25)48-8-2)24(17-55(6,46)47)36-32(41)22-11-10-12-23(37(44)45)27(22)33(36)42/h10-14,16,24,28-31,35H,7-9,15,17H2,1-6H3/t24-,28+,29+,30+,31-,35-/m1/s1. The Bertz CT molecular complexity index is 1960. The number of esters is 4. The van der Waals surface area contributed by atoms with Crippen LogP contribution in [0.2, 0.25) is 0 Å². The van der Waals surface area contributed by atoms with Crippen molar-refractivity contribution < 1.29 is 75.3 Å². The Morgan fingerprint density at radius 3 is 2.13 bits per heavy atom. The molecule has 2 aromatic carbocycles. The Hall–Kier alpha value is -5.63. The fourth-order valence-corrected chi connectivity index (χ4v) is 6.92. The van der Waals surface area contributed by atoms with Gasteiger partial charge in [-0.1, -0.05) is 25.5 Å². The van der Waals surface area contributed by atoms with Gasteiger partial charge in [0.15, 0.2) is 29.8 Å². The number of amides is 2. The molecule has 0 aliphatic carbocycles. The Kier molecular flexibility index (Phi) is 13.5. The molecule has 1 saturated heterocycles. The lowest BCUT2D eigenvalue weighted by Crippen LogP contribution is -2.64. The van der Waals surface area contributed by atoms with Crippen LogP contribution in [0.15, 0.2) is 36.4 Å². The minimum atomic E-state index is -3.94. The van der Waals surface area contributed by atoms with Gasteiger partial charge >= 0.3 is 23.9 Å². The molecule has 1 fully saturated rings. The Labute approximate surface area is 315 Å². The summed E-state index contributed by atoms with van der Waals surface area (Å²) < 4.78 is 64.8. The maximum atomic E-state index is 13.7. The van der Waals surface area contributed by atoms with Gasteiger partial charge in [-0.25, -0.2) is 13.2 Å². The zero-order valence-corrected chi connectivity index (χ0v) is 31.5. The number of nitrogens with zero attached hydrogens (tertiary/aromatic N) is 2. The number of ether oxygens (including phenoxy) is 7. The van der Waals surface area contributed by atoms with Crippen molar-refractivity contribution in [2.75, 3.05) is 25.2 Å². The molecule has 6 atom stereocenters. The van der Waals surface area contributed by atoms with Gasteiger partial charge in [0.1, 0.15) is 15.4 Å². The van der Waals surface area contributed by atoms with Crippen LogP contribution < -0.4 is 9.47 Å². The second-order valence-corrected chi connectivity index (χ2v) is 14.7. The lowest BCUT2D eigenvalue weighted by atomic mass is 9.97. The number of imide groups is 1. The zero-order chi connectivity index (χ0) is 40.8. The second kappa shape index (κ2) is 17.7. The molecule has 2 aromatic rings. The van der Waals surface area contributed by atoms with Crippen LogP contribution in [-0.2, 0) is 52.7 Å². The van der Waals surface area contributed by atoms with E-state index in [-0.39, 0.29) is 35.8 Å². The predicted octanol–water partition coefficient (Wildman–Crippen LogP) is 2.62. The van der Waals surface area contributed by atoms with Crippen molar-refractivity contribution in [1.82, 2.24) is 4.90 Å². The van der Waals surface area contributed by atoms with Crippen molar-refractivity contribution in [3.63, 3.8) is 0 Å². The fraction of sp³-hybridized carbons (Fsp3) is 0.486. The number of sulfone groups is 1. The van der Waals surface area contributed by atoms with Gasteiger partial charge in [0.25, 0.3) is 17.5 Å². The van der Waals surface area contributed by atoms with E-state index in [9.17, 15) is 47.3 Å². The Balaban J connectivity index is 1.81. The van der Waals surface area contributed by atoms with E-state index in [1.165, 1.54) is 30.3 Å². The number of unbranched alkanes of at least 4 members (excludes halogenated alkanes) is 1. The van der Waals surface area contributed by atoms with Gasteiger partial charge in [0.2, 0.25) is 12.4 Å². The monoisotopic (exact) mass is 792 g/mol. The van der Waals surface area contributed by atoms with E-state index in [0.29, 0.717) is 17.7 Å². The summed E-state index contributed by atoms with van der Waals surface area (Å²) in [5, 5.41) is 11.7. The summed E-state index contributed by atoms with van der Waals surface area (Å²) in [6, 6.07) is 5.77. The molecular formula is C35H40N2O17S. The summed E-state index contributed by atoms with van der Waals surface area (Å²) in [6.07, 6.45) is -6.54. The number of nitro groups is 1. The number of benzene rings is 2. The number of rotatable bonds is 16. The molecule has 298 valence electrons. The third kappa shape index (κ3) is 9.92. The molecule has 0 spiro atoms. The number of carbonyl (C=O) groups excluding carboxylic acids is 6. The second-order valence-electron chi connectivity index (χ2n) is 12.5. The average molecular weight is 793 g/mol. The van der Waals surface area contributed by atoms with Crippen LogP contribution in [0, 0.1) is 10.1 Å². The number of hydrogen-bond donors (Lipinski definition) is 0. The van der Waals surface area contributed by atoms with Crippen LogP contribution in [0.4, 0.5) is 5.69 Å². The largest absolute Gasteiger partial charge is 0.490 e. The quantitative estimate of drug-likeness (QED) is 0.0592. The van der Waals surface area contributed by atoms with Crippen molar-refractivity contribution in [2.45, 2.75) is 84.2 Å². The van der Waals surface area contributed by atoms with Gasteiger partial charge in [0, 0.05) is 33.1 Å². The third-order valence-electron chi connectivity index (χ3n) is 8.16. The molecule has 4 rings (SSSR count). The molecule has 2 amide bonds. The van der Waals surface area contributed by atoms with Crippen LogP contribution >= 0.6 is 0 Å². The Morgan fingerprint density at radius 1 is 0.909 bits per heavy atom.